The molecule has 0 aromatic heterocycles. The minimum Gasteiger partial charge on any atom is -0.462 e. The Bertz CT molecular complexity index is 1050. The molecule has 0 aliphatic rings. The maximum absolute atomic E-state index is 12.5. The lowest BCUT2D eigenvalue weighted by Crippen LogP contribution is -2.29. The fourth-order valence-corrected chi connectivity index (χ4v) is 6.02. The number of carbonyl (C=O) groups is 2. The number of nitrogens with two attached hydrogens (primary N) is 1. The number of ether oxygens (including phenoxy) is 2. The van der Waals surface area contributed by atoms with E-state index in [2.05, 4.69) is 74.6 Å². The van der Waals surface area contributed by atoms with Crippen molar-refractivity contribution in [3.05, 3.63) is 60.8 Å². The summed E-state index contributed by atoms with van der Waals surface area (Å²) >= 11 is 0. The number of unbranched alkanes of at least 4 members (excludes halogenated alkanes) is 15. The first kappa shape index (κ1) is 50.7. The molecule has 0 radical (unpaired) electrons. The van der Waals surface area contributed by atoms with E-state index >= 15 is 0 Å². The summed E-state index contributed by atoms with van der Waals surface area (Å²) in [6, 6.07) is 0. The minimum absolute atomic E-state index is 0.0435. The van der Waals surface area contributed by atoms with Crippen molar-refractivity contribution in [2.75, 3.05) is 26.4 Å². The second kappa shape index (κ2) is 39.4. The first-order valence-electron chi connectivity index (χ1n) is 20.8. The zero-order chi connectivity index (χ0) is 38.9. The molecular weight excluding hydrogens is 689 g/mol. The lowest BCUT2D eigenvalue weighted by atomic mass is 10.1. The molecule has 0 spiro atoms. The molecule has 2 unspecified atom stereocenters. The van der Waals surface area contributed by atoms with Crippen molar-refractivity contribution in [1.82, 2.24) is 0 Å². The quantitative estimate of drug-likeness (QED) is 0.0272. The molecule has 0 rings (SSSR count). The Balaban J connectivity index is 4.26. The second-order valence-corrected chi connectivity index (χ2v) is 14.9. The normalized spacial score (nSPS) is 14.0. The zero-order valence-electron chi connectivity index (χ0n) is 33.5. The van der Waals surface area contributed by atoms with E-state index < -0.39 is 32.5 Å². The number of phosphoric ester groups is 1. The molecule has 306 valence electrons. The number of hydrogen-bond donors (Lipinski definition) is 2. The summed E-state index contributed by atoms with van der Waals surface area (Å²) in [5.74, 6) is -0.887. The number of allylic oxidation sites excluding steroid dienone is 10. The molecule has 0 saturated carbocycles. The van der Waals surface area contributed by atoms with Crippen LogP contribution in [-0.4, -0.2) is 49.3 Å². The number of rotatable bonds is 38. The molecule has 9 nitrogen and oxygen atoms in total. The highest BCUT2D eigenvalue weighted by Gasteiger charge is 2.25. The predicted octanol–water partition coefficient (Wildman–Crippen LogP) is 11.7. The molecule has 3 N–H and O–H groups in total. The number of carbonyl (C=O) groups excluding carboxylic acids is 2. The van der Waals surface area contributed by atoms with Crippen LogP contribution in [0.5, 0.6) is 0 Å². The van der Waals surface area contributed by atoms with Gasteiger partial charge < -0.3 is 20.1 Å². The molecule has 0 heterocycles. The van der Waals surface area contributed by atoms with Crippen molar-refractivity contribution >= 4 is 19.8 Å². The Hall–Kier alpha value is -2.29. The molecule has 0 fully saturated rings. The van der Waals surface area contributed by atoms with Gasteiger partial charge in [0.1, 0.15) is 6.61 Å². The topological polar surface area (TPSA) is 134 Å². The average molecular weight is 766 g/mol. The average Bonchev–Trinajstić information content (AvgIpc) is 3.14. The van der Waals surface area contributed by atoms with Gasteiger partial charge in [-0.25, -0.2) is 4.57 Å². The molecule has 0 aromatic carbocycles. The van der Waals surface area contributed by atoms with Crippen LogP contribution in [0.15, 0.2) is 60.8 Å². The molecule has 10 heteroatoms. The SMILES string of the molecule is CCCCCC=CCC=CCC=CCCCCC(=O)OC(COC(=O)CCCCCCCCCC=CCC=CCCCCC)COP(=O)(O)OCCN. The zero-order valence-corrected chi connectivity index (χ0v) is 34.4. The third kappa shape index (κ3) is 39.2. The maximum Gasteiger partial charge on any atom is 0.472 e. The van der Waals surface area contributed by atoms with E-state index in [0.29, 0.717) is 12.8 Å². The van der Waals surface area contributed by atoms with Crippen LogP contribution >= 0.6 is 7.82 Å². The summed E-state index contributed by atoms with van der Waals surface area (Å²) in [5, 5.41) is 0. The lowest BCUT2D eigenvalue weighted by Gasteiger charge is -2.19. The standard InChI is InChI=1S/C43H76NO8P/c1-3-5-7-9-11-13-15-17-19-20-22-23-25-27-29-31-33-35-42(45)49-39-41(40-51-53(47,48)50-38-37-44)52-43(46)36-34-32-30-28-26-24-21-18-16-14-12-10-8-6-4-2/h11-14,17-19,21,26,28,41H,3-10,15-16,20,22-25,27,29-40,44H2,1-2H3,(H,47,48). The largest absolute Gasteiger partial charge is 0.472 e. The van der Waals surface area contributed by atoms with Crippen LogP contribution in [0, 0.1) is 0 Å². The summed E-state index contributed by atoms with van der Waals surface area (Å²) in [6.45, 7) is 3.61. The number of phosphoric acid groups is 1. The van der Waals surface area contributed by atoms with Gasteiger partial charge in [0.15, 0.2) is 6.10 Å². The second-order valence-electron chi connectivity index (χ2n) is 13.5. The molecular formula is C43H76NO8P. The first-order valence-corrected chi connectivity index (χ1v) is 22.3. The van der Waals surface area contributed by atoms with Crippen LogP contribution in [0.25, 0.3) is 0 Å². The summed E-state index contributed by atoms with van der Waals surface area (Å²) in [4.78, 5) is 34.8. The van der Waals surface area contributed by atoms with Gasteiger partial charge in [-0.15, -0.1) is 0 Å². The third-order valence-corrected chi connectivity index (χ3v) is 9.36. The highest BCUT2D eigenvalue weighted by molar-refractivity contribution is 7.47. The minimum atomic E-state index is -4.39. The Morgan fingerprint density at radius 1 is 0.566 bits per heavy atom. The van der Waals surface area contributed by atoms with Gasteiger partial charge in [-0.05, 0) is 83.5 Å². The molecule has 0 bridgehead atoms. The van der Waals surface area contributed by atoms with Crippen LogP contribution < -0.4 is 5.73 Å². The Morgan fingerprint density at radius 3 is 1.49 bits per heavy atom. The van der Waals surface area contributed by atoms with E-state index in [1.165, 1.54) is 64.2 Å². The van der Waals surface area contributed by atoms with E-state index in [1.807, 2.05) is 0 Å². The summed E-state index contributed by atoms with van der Waals surface area (Å²) < 4.78 is 32.7. The van der Waals surface area contributed by atoms with E-state index in [1.54, 1.807) is 0 Å². The fraction of sp³-hybridized carbons (Fsp3) is 0.721. The van der Waals surface area contributed by atoms with Crippen molar-refractivity contribution in [2.45, 2.75) is 174 Å². The van der Waals surface area contributed by atoms with Gasteiger partial charge >= 0.3 is 19.8 Å². The third-order valence-electron chi connectivity index (χ3n) is 8.38. The predicted molar refractivity (Wildman–Crippen MR) is 219 cm³/mol. The van der Waals surface area contributed by atoms with Gasteiger partial charge in [0.05, 0.1) is 13.2 Å². The molecule has 0 aliphatic carbocycles. The summed E-state index contributed by atoms with van der Waals surface area (Å²) in [5.41, 5.74) is 5.34. The molecule has 0 saturated heterocycles. The van der Waals surface area contributed by atoms with E-state index in [-0.39, 0.29) is 32.6 Å². The first-order chi connectivity index (χ1) is 25.8. The van der Waals surface area contributed by atoms with Crippen molar-refractivity contribution < 1.29 is 37.6 Å². The fourth-order valence-electron chi connectivity index (χ4n) is 5.26. The van der Waals surface area contributed by atoms with Gasteiger partial charge in [-0.2, -0.15) is 0 Å². The van der Waals surface area contributed by atoms with Gasteiger partial charge in [-0.3, -0.25) is 18.6 Å². The van der Waals surface area contributed by atoms with Crippen molar-refractivity contribution in [1.29, 1.82) is 0 Å². The summed E-state index contributed by atoms with van der Waals surface area (Å²) in [6.07, 6.45) is 45.3. The Kier molecular flexibility index (Phi) is 37.7. The molecule has 0 amide bonds. The van der Waals surface area contributed by atoms with Crippen LogP contribution in [0.4, 0.5) is 0 Å². The van der Waals surface area contributed by atoms with Crippen LogP contribution in [0.3, 0.4) is 0 Å². The van der Waals surface area contributed by atoms with Crippen LogP contribution in [0.2, 0.25) is 0 Å². The van der Waals surface area contributed by atoms with Crippen LogP contribution in [-0.2, 0) is 32.7 Å². The van der Waals surface area contributed by atoms with Gasteiger partial charge in [0.25, 0.3) is 0 Å². The van der Waals surface area contributed by atoms with Gasteiger partial charge in [0.2, 0.25) is 0 Å². The highest BCUT2D eigenvalue weighted by Crippen LogP contribution is 2.43. The highest BCUT2D eigenvalue weighted by atomic mass is 31.2. The van der Waals surface area contributed by atoms with Crippen molar-refractivity contribution in [3.63, 3.8) is 0 Å². The van der Waals surface area contributed by atoms with Crippen LogP contribution in [0.1, 0.15) is 168 Å². The summed E-state index contributed by atoms with van der Waals surface area (Å²) in [7, 11) is -4.39. The van der Waals surface area contributed by atoms with Crippen molar-refractivity contribution in [2.24, 2.45) is 5.73 Å². The van der Waals surface area contributed by atoms with Gasteiger partial charge in [-0.1, -0.05) is 132 Å². The number of hydrogen-bond acceptors (Lipinski definition) is 8. The molecule has 53 heavy (non-hydrogen) atoms. The van der Waals surface area contributed by atoms with Crippen molar-refractivity contribution in [3.8, 4) is 0 Å². The molecule has 0 aliphatic heterocycles. The Morgan fingerprint density at radius 2 is 0.981 bits per heavy atom. The Labute approximate surface area is 323 Å². The monoisotopic (exact) mass is 766 g/mol. The molecule has 2 atom stereocenters. The van der Waals surface area contributed by atoms with E-state index in [9.17, 15) is 19.0 Å². The maximum atomic E-state index is 12.5. The number of esters is 2. The lowest BCUT2D eigenvalue weighted by molar-refractivity contribution is -0.161. The van der Waals surface area contributed by atoms with E-state index in [4.69, 9.17) is 24.3 Å². The smallest absolute Gasteiger partial charge is 0.462 e. The van der Waals surface area contributed by atoms with E-state index in [0.717, 1.165) is 64.2 Å². The van der Waals surface area contributed by atoms with Gasteiger partial charge in [0, 0.05) is 19.4 Å². The molecule has 0 aromatic rings.